The van der Waals surface area contributed by atoms with Crippen molar-refractivity contribution in [2.24, 2.45) is 0 Å². The number of nitro benzene ring substituents is 1. The molecule has 0 saturated heterocycles. The molecule has 7 nitrogen and oxygen atoms in total. The minimum absolute atomic E-state index is 0.00651. The van der Waals surface area contributed by atoms with Crippen molar-refractivity contribution in [2.45, 2.75) is 6.54 Å². The molecule has 0 fully saturated rings. The second-order valence-electron chi connectivity index (χ2n) is 4.40. The van der Waals surface area contributed by atoms with Crippen molar-refractivity contribution in [1.82, 2.24) is 14.2 Å². The highest BCUT2D eigenvalue weighted by molar-refractivity contribution is 9.10. The van der Waals surface area contributed by atoms with E-state index in [1.54, 1.807) is 30.5 Å². The Kier molecular flexibility index (Phi) is 3.30. The number of nitro groups is 1. The third-order valence-electron chi connectivity index (χ3n) is 3.06. The summed E-state index contributed by atoms with van der Waals surface area (Å²) in [6, 6.07) is 9.72. The Morgan fingerprint density at radius 1 is 1.29 bits per heavy atom. The van der Waals surface area contributed by atoms with Crippen molar-refractivity contribution in [2.75, 3.05) is 0 Å². The Hall–Kier alpha value is -2.48. The molecular weight excluding hydrogens is 340 g/mol. The van der Waals surface area contributed by atoms with Gasteiger partial charge < -0.3 is 0 Å². The molecular formula is C13H9BrN4O3. The summed E-state index contributed by atoms with van der Waals surface area (Å²) in [5.74, 6) is 0. The van der Waals surface area contributed by atoms with Gasteiger partial charge in [0, 0.05) is 22.8 Å². The fourth-order valence-electron chi connectivity index (χ4n) is 2.01. The molecule has 0 unspecified atom stereocenters. The quantitative estimate of drug-likeness (QED) is 0.536. The summed E-state index contributed by atoms with van der Waals surface area (Å²) in [4.78, 5) is 22.4. The van der Waals surface area contributed by atoms with Crippen molar-refractivity contribution in [3.05, 3.63) is 73.2 Å². The van der Waals surface area contributed by atoms with E-state index in [0.29, 0.717) is 10.1 Å². The fourth-order valence-corrected chi connectivity index (χ4v) is 2.50. The third kappa shape index (κ3) is 2.45. The minimum Gasteiger partial charge on any atom is -0.258 e. The summed E-state index contributed by atoms with van der Waals surface area (Å²) >= 11 is 3.29. The number of halogens is 1. The van der Waals surface area contributed by atoms with Crippen LogP contribution in [0.25, 0.3) is 5.65 Å². The molecule has 3 rings (SSSR count). The lowest BCUT2D eigenvalue weighted by Gasteiger charge is -2.03. The first-order chi connectivity index (χ1) is 10.1. The van der Waals surface area contributed by atoms with E-state index < -0.39 is 4.92 Å². The van der Waals surface area contributed by atoms with Crippen LogP contribution < -0.4 is 5.69 Å². The molecule has 0 bridgehead atoms. The number of nitrogens with zero attached hydrogens (tertiary/aromatic N) is 4. The van der Waals surface area contributed by atoms with Gasteiger partial charge in [0.25, 0.3) is 5.69 Å². The number of fused-ring (bicyclic) bond motifs is 1. The van der Waals surface area contributed by atoms with Gasteiger partial charge in [-0.05, 0) is 23.8 Å². The predicted octanol–water partition coefficient (Wildman–Crippen LogP) is 2.21. The van der Waals surface area contributed by atoms with Gasteiger partial charge in [-0.3, -0.25) is 14.5 Å². The molecule has 0 atom stereocenters. The van der Waals surface area contributed by atoms with Crippen LogP contribution in [0.2, 0.25) is 0 Å². The Balaban J connectivity index is 2.01. The number of hydrogen-bond acceptors (Lipinski definition) is 4. The van der Waals surface area contributed by atoms with Crippen LogP contribution in [0.3, 0.4) is 0 Å². The minimum atomic E-state index is -0.467. The Morgan fingerprint density at radius 3 is 2.76 bits per heavy atom. The lowest BCUT2D eigenvalue weighted by molar-refractivity contribution is -0.384. The maximum atomic E-state index is 12.2. The van der Waals surface area contributed by atoms with Crippen molar-refractivity contribution in [1.29, 1.82) is 0 Å². The SMILES string of the molecule is O=c1n(Cc2ccc([N+](=O)[O-])cc2Br)nc2ccccn12. The molecule has 2 heterocycles. The van der Waals surface area contributed by atoms with Gasteiger partial charge >= 0.3 is 5.69 Å². The molecule has 21 heavy (non-hydrogen) atoms. The first-order valence-corrected chi connectivity index (χ1v) is 6.82. The monoisotopic (exact) mass is 348 g/mol. The lowest BCUT2D eigenvalue weighted by Crippen LogP contribution is -2.21. The highest BCUT2D eigenvalue weighted by atomic mass is 79.9. The van der Waals surface area contributed by atoms with Crippen molar-refractivity contribution >= 4 is 27.3 Å². The number of rotatable bonds is 3. The summed E-state index contributed by atoms with van der Waals surface area (Å²) in [5.41, 5.74) is 1.04. The maximum Gasteiger partial charge on any atom is 0.350 e. The van der Waals surface area contributed by atoms with E-state index in [0.717, 1.165) is 5.56 Å². The van der Waals surface area contributed by atoms with E-state index in [1.807, 2.05) is 0 Å². The summed E-state index contributed by atoms with van der Waals surface area (Å²) in [6.45, 7) is 0.235. The van der Waals surface area contributed by atoms with Crippen LogP contribution in [0.1, 0.15) is 5.56 Å². The van der Waals surface area contributed by atoms with Crippen LogP contribution >= 0.6 is 15.9 Å². The molecule has 0 spiro atoms. The summed E-state index contributed by atoms with van der Waals surface area (Å²) in [5, 5.41) is 14.9. The van der Waals surface area contributed by atoms with Gasteiger partial charge in [0.2, 0.25) is 0 Å². The normalized spacial score (nSPS) is 10.9. The molecule has 3 aromatic rings. The van der Waals surface area contributed by atoms with Gasteiger partial charge in [-0.1, -0.05) is 22.0 Å². The number of benzene rings is 1. The topological polar surface area (TPSA) is 82.4 Å². The highest BCUT2D eigenvalue weighted by Crippen LogP contribution is 2.23. The van der Waals surface area contributed by atoms with E-state index in [4.69, 9.17) is 0 Å². The fraction of sp³-hybridized carbons (Fsp3) is 0.0769. The number of aromatic nitrogens is 3. The molecule has 0 aliphatic heterocycles. The molecule has 106 valence electrons. The van der Waals surface area contributed by atoms with Crippen LogP contribution in [0.15, 0.2) is 51.9 Å². The van der Waals surface area contributed by atoms with Crippen LogP contribution in [0.4, 0.5) is 5.69 Å². The smallest absolute Gasteiger partial charge is 0.258 e. The van der Waals surface area contributed by atoms with Gasteiger partial charge in [-0.2, -0.15) is 0 Å². The average molecular weight is 349 g/mol. The number of hydrogen-bond donors (Lipinski definition) is 0. The van der Waals surface area contributed by atoms with Gasteiger partial charge in [-0.15, -0.1) is 5.10 Å². The van der Waals surface area contributed by atoms with Gasteiger partial charge in [0.1, 0.15) is 0 Å². The largest absolute Gasteiger partial charge is 0.350 e. The Labute approximate surface area is 126 Å². The lowest BCUT2D eigenvalue weighted by atomic mass is 10.2. The molecule has 0 saturated carbocycles. The first-order valence-electron chi connectivity index (χ1n) is 6.03. The summed E-state index contributed by atoms with van der Waals surface area (Å²) in [6.07, 6.45) is 1.64. The summed E-state index contributed by atoms with van der Waals surface area (Å²) in [7, 11) is 0. The Bertz CT molecular complexity index is 900. The van der Waals surface area contributed by atoms with Crippen molar-refractivity contribution in [3.8, 4) is 0 Å². The first kappa shape index (κ1) is 13.5. The molecule has 2 aromatic heterocycles. The second kappa shape index (κ2) is 5.13. The van der Waals surface area contributed by atoms with Crippen LogP contribution in [-0.4, -0.2) is 19.1 Å². The Morgan fingerprint density at radius 2 is 2.10 bits per heavy atom. The van der Waals surface area contributed by atoms with E-state index in [-0.39, 0.29) is 17.9 Å². The van der Waals surface area contributed by atoms with E-state index in [2.05, 4.69) is 21.0 Å². The average Bonchev–Trinajstić information content (AvgIpc) is 2.78. The molecule has 0 aliphatic carbocycles. The molecule has 0 N–H and O–H groups in total. The number of pyridine rings is 1. The predicted molar refractivity (Wildman–Crippen MR) is 79.4 cm³/mol. The van der Waals surface area contributed by atoms with E-state index >= 15 is 0 Å². The van der Waals surface area contributed by atoms with E-state index in [9.17, 15) is 14.9 Å². The van der Waals surface area contributed by atoms with E-state index in [1.165, 1.54) is 21.2 Å². The standard InChI is InChI=1S/C13H9BrN4O3/c14-11-7-10(18(20)21)5-4-9(11)8-17-13(19)16-6-2-1-3-12(16)15-17/h1-7H,8H2. The molecule has 0 aliphatic rings. The van der Waals surface area contributed by atoms with Crippen molar-refractivity contribution in [3.63, 3.8) is 0 Å². The molecule has 1 aromatic carbocycles. The zero-order valence-electron chi connectivity index (χ0n) is 10.6. The van der Waals surface area contributed by atoms with Gasteiger partial charge in [-0.25, -0.2) is 9.48 Å². The molecule has 8 heteroatoms. The van der Waals surface area contributed by atoms with Gasteiger partial charge in [0.05, 0.1) is 11.5 Å². The zero-order chi connectivity index (χ0) is 15.0. The van der Waals surface area contributed by atoms with Crippen LogP contribution in [0, 0.1) is 10.1 Å². The van der Waals surface area contributed by atoms with Gasteiger partial charge in [0.15, 0.2) is 5.65 Å². The van der Waals surface area contributed by atoms with Crippen molar-refractivity contribution < 1.29 is 4.92 Å². The molecule has 0 radical (unpaired) electrons. The highest BCUT2D eigenvalue weighted by Gasteiger charge is 2.12. The number of non-ortho nitro benzene ring substituents is 1. The third-order valence-corrected chi connectivity index (χ3v) is 3.79. The zero-order valence-corrected chi connectivity index (χ0v) is 12.2. The summed E-state index contributed by atoms with van der Waals surface area (Å²) < 4.78 is 3.33. The van der Waals surface area contributed by atoms with Crippen LogP contribution in [-0.2, 0) is 6.54 Å². The van der Waals surface area contributed by atoms with Crippen LogP contribution in [0.5, 0.6) is 0 Å². The maximum absolute atomic E-state index is 12.2. The molecule has 0 amide bonds. The second-order valence-corrected chi connectivity index (χ2v) is 5.26.